The summed E-state index contributed by atoms with van der Waals surface area (Å²) >= 11 is 0. The zero-order valence-corrected chi connectivity index (χ0v) is 17.7. The number of ether oxygens (including phenoxy) is 1. The van der Waals surface area contributed by atoms with Gasteiger partial charge in [-0.25, -0.2) is 14.8 Å². The third kappa shape index (κ3) is 4.53. The number of urea groups is 1. The van der Waals surface area contributed by atoms with E-state index in [9.17, 15) is 4.79 Å². The van der Waals surface area contributed by atoms with Crippen LogP contribution in [-0.4, -0.2) is 53.8 Å². The van der Waals surface area contributed by atoms with E-state index in [0.29, 0.717) is 30.4 Å². The van der Waals surface area contributed by atoms with Gasteiger partial charge in [0.15, 0.2) is 5.82 Å². The highest BCUT2D eigenvalue weighted by atomic mass is 16.5. The SMILES string of the molecule is O=C(Nc1ccc(-c2nc3c(c(N4CCOCC4)n2)CNCC3)cc1)Nc1cccnc1. The molecule has 32 heavy (non-hydrogen) atoms. The molecule has 0 spiro atoms. The summed E-state index contributed by atoms with van der Waals surface area (Å²) in [6, 6.07) is 10.8. The molecule has 0 radical (unpaired) electrons. The van der Waals surface area contributed by atoms with E-state index in [-0.39, 0.29) is 6.03 Å². The Labute approximate surface area is 186 Å². The van der Waals surface area contributed by atoms with Crippen LogP contribution < -0.4 is 20.9 Å². The summed E-state index contributed by atoms with van der Waals surface area (Å²) in [6.45, 7) is 4.79. The Morgan fingerprint density at radius 3 is 2.62 bits per heavy atom. The zero-order chi connectivity index (χ0) is 21.8. The number of rotatable bonds is 4. The van der Waals surface area contributed by atoms with Crippen LogP contribution in [0.4, 0.5) is 22.0 Å². The Kier molecular flexibility index (Phi) is 5.91. The van der Waals surface area contributed by atoms with Crippen molar-refractivity contribution in [3.8, 4) is 11.4 Å². The van der Waals surface area contributed by atoms with E-state index in [0.717, 1.165) is 49.7 Å². The van der Waals surface area contributed by atoms with Gasteiger partial charge in [-0.3, -0.25) is 4.98 Å². The molecule has 164 valence electrons. The van der Waals surface area contributed by atoms with Crippen LogP contribution in [0.5, 0.6) is 0 Å². The monoisotopic (exact) mass is 431 g/mol. The van der Waals surface area contributed by atoms with E-state index >= 15 is 0 Å². The van der Waals surface area contributed by atoms with Gasteiger partial charge >= 0.3 is 6.03 Å². The summed E-state index contributed by atoms with van der Waals surface area (Å²) in [5.74, 6) is 1.71. The predicted molar refractivity (Wildman–Crippen MR) is 123 cm³/mol. The topological polar surface area (TPSA) is 104 Å². The largest absolute Gasteiger partial charge is 0.378 e. The Balaban J connectivity index is 1.36. The number of amides is 2. The number of nitrogens with zero attached hydrogens (tertiary/aromatic N) is 4. The minimum atomic E-state index is -0.321. The molecule has 0 bridgehead atoms. The third-order valence-corrected chi connectivity index (χ3v) is 5.54. The highest BCUT2D eigenvalue weighted by Crippen LogP contribution is 2.28. The van der Waals surface area contributed by atoms with Crippen molar-refractivity contribution in [3.05, 3.63) is 60.0 Å². The fraction of sp³-hybridized carbons (Fsp3) is 0.304. The first-order valence-electron chi connectivity index (χ1n) is 10.8. The Morgan fingerprint density at radius 2 is 1.84 bits per heavy atom. The number of hydrogen-bond donors (Lipinski definition) is 3. The van der Waals surface area contributed by atoms with Crippen LogP contribution in [0.2, 0.25) is 0 Å². The molecule has 0 saturated carbocycles. The first kappa shape index (κ1) is 20.3. The summed E-state index contributed by atoms with van der Waals surface area (Å²) in [5.41, 5.74) is 4.53. The number of hydrogen-bond acceptors (Lipinski definition) is 7. The molecule has 1 aromatic carbocycles. The number of benzene rings is 1. The molecule has 0 unspecified atom stereocenters. The van der Waals surface area contributed by atoms with Crippen molar-refractivity contribution in [3.63, 3.8) is 0 Å². The molecule has 5 rings (SSSR count). The molecule has 9 nitrogen and oxygen atoms in total. The van der Waals surface area contributed by atoms with Crippen molar-refractivity contribution in [1.29, 1.82) is 0 Å². The molecule has 2 amide bonds. The average molecular weight is 432 g/mol. The fourth-order valence-corrected chi connectivity index (χ4v) is 3.92. The molecule has 2 aliphatic rings. The predicted octanol–water partition coefficient (Wildman–Crippen LogP) is 2.66. The standard InChI is InChI=1S/C23H25N7O2/c31-23(27-18-2-1-8-24-14-18)26-17-5-3-16(4-6-17)21-28-20-7-9-25-15-19(20)22(29-21)30-10-12-32-13-11-30/h1-6,8,14,25H,7,9-13,15H2,(H2,26,27,31). The quantitative estimate of drug-likeness (QED) is 0.583. The Hall–Kier alpha value is -3.56. The lowest BCUT2D eigenvalue weighted by atomic mass is 10.1. The van der Waals surface area contributed by atoms with Gasteiger partial charge in [0.2, 0.25) is 0 Å². The van der Waals surface area contributed by atoms with Crippen molar-refractivity contribution < 1.29 is 9.53 Å². The molecule has 3 N–H and O–H groups in total. The van der Waals surface area contributed by atoms with Gasteiger partial charge in [-0.05, 0) is 36.4 Å². The lowest BCUT2D eigenvalue weighted by Crippen LogP contribution is -2.39. The second-order valence-corrected chi connectivity index (χ2v) is 7.72. The molecule has 9 heteroatoms. The molecular weight excluding hydrogens is 406 g/mol. The van der Waals surface area contributed by atoms with E-state index in [1.165, 1.54) is 5.56 Å². The van der Waals surface area contributed by atoms with Crippen LogP contribution in [0.25, 0.3) is 11.4 Å². The van der Waals surface area contributed by atoms with Gasteiger partial charge in [-0.1, -0.05) is 0 Å². The van der Waals surface area contributed by atoms with Crippen molar-refractivity contribution in [2.24, 2.45) is 0 Å². The number of fused-ring (bicyclic) bond motifs is 1. The maximum absolute atomic E-state index is 12.2. The highest BCUT2D eigenvalue weighted by Gasteiger charge is 2.23. The van der Waals surface area contributed by atoms with Gasteiger partial charge in [-0.15, -0.1) is 0 Å². The Morgan fingerprint density at radius 1 is 1.03 bits per heavy atom. The minimum Gasteiger partial charge on any atom is -0.378 e. The highest BCUT2D eigenvalue weighted by molar-refractivity contribution is 5.99. The Bertz CT molecular complexity index is 1080. The molecule has 4 heterocycles. The van der Waals surface area contributed by atoms with Gasteiger partial charge in [0, 0.05) is 55.6 Å². The normalized spacial score (nSPS) is 15.7. The third-order valence-electron chi connectivity index (χ3n) is 5.54. The summed E-state index contributed by atoms with van der Waals surface area (Å²) < 4.78 is 5.52. The summed E-state index contributed by atoms with van der Waals surface area (Å²) in [4.78, 5) is 28.3. The minimum absolute atomic E-state index is 0.321. The van der Waals surface area contributed by atoms with Gasteiger partial charge in [0.25, 0.3) is 0 Å². The van der Waals surface area contributed by atoms with Crippen molar-refractivity contribution >= 4 is 23.2 Å². The van der Waals surface area contributed by atoms with Crippen molar-refractivity contribution in [2.45, 2.75) is 13.0 Å². The van der Waals surface area contributed by atoms with E-state index in [1.54, 1.807) is 24.5 Å². The summed E-state index contributed by atoms with van der Waals surface area (Å²) in [7, 11) is 0. The van der Waals surface area contributed by atoms with Crippen LogP contribution >= 0.6 is 0 Å². The second kappa shape index (κ2) is 9.29. The summed E-state index contributed by atoms with van der Waals surface area (Å²) in [6.07, 6.45) is 4.14. The van der Waals surface area contributed by atoms with E-state index in [2.05, 4.69) is 25.8 Å². The van der Waals surface area contributed by atoms with Gasteiger partial charge < -0.3 is 25.6 Å². The van der Waals surface area contributed by atoms with Crippen LogP contribution in [0.3, 0.4) is 0 Å². The molecule has 3 aromatic rings. The average Bonchev–Trinajstić information content (AvgIpc) is 2.85. The van der Waals surface area contributed by atoms with Crippen LogP contribution in [0.15, 0.2) is 48.8 Å². The van der Waals surface area contributed by atoms with Gasteiger partial charge in [0.05, 0.1) is 30.8 Å². The maximum Gasteiger partial charge on any atom is 0.323 e. The first-order chi connectivity index (χ1) is 15.8. The van der Waals surface area contributed by atoms with Crippen LogP contribution in [0.1, 0.15) is 11.3 Å². The van der Waals surface area contributed by atoms with Gasteiger partial charge in [-0.2, -0.15) is 0 Å². The first-order valence-corrected chi connectivity index (χ1v) is 10.8. The molecule has 1 fully saturated rings. The van der Waals surface area contributed by atoms with E-state index < -0.39 is 0 Å². The molecule has 2 aliphatic heterocycles. The number of aromatic nitrogens is 3. The van der Waals surface area contributed by atoms with Crippen LogP contribution in [0, 0.1) is 0 Å². The molecule has 0 aliphatic carbocycles. The van der Waals surface area contributed by atoms with E-state index in [4.69, 9.17) is 14.7 Å². The molecular formula is C23H25N7O2. The maximum atomic E-state index is 12.2. The van der Waals surface area contributed by atoms with Crippen molar-refractivity contribution in [1.82, 2.24) is 20.3 Å². The number of anilines is 3. The fourth-order valence-electron chi connectivity index (χ4n) is 3.92. The van der Waals surface area contributed by atoms with Gasteiger partial charge in [0.1, 0.15) is 5.82 Å². The number of nitrogens with one attached hydrogen (secondary N) is 3. The molecule has 0 atom stereocenters. The molecule has 1 saturated heterocycles. The van der Waals surface area contributed by atoms with E-state index in [1.807, 2.05) is 24.3 Å². The molecule has 2 aromatic heterocycles. The lowest BCUT2D eigenvalue weighted by Gasteiger charge is -2.31. The number of morpholine rings is 1. The smallest absolute Gasteiger partial charge is 0.323 e. The van der Waals surface area contributed by atoms with Crippen LogP contribution in [-0.2, 0) is 17.7 Å². The summed E-state index contributed by atoms with van der Waals surface area (Å²) in [5, 5.41) is 9.02. The number of carbonyl (C=O) groups is 1. The lowest BCUT2D eigenvalue weighted by molar-refractivity contribution is 0.122. The van der Waals surface area contributed by atoms with Crippen molar-refractivity contribution in [2.75, 3.05) is 48.4 Å². The zero-order valence-electron chi connectivity index (χ0n) is 17.7. The number of carbonyl (C=O) groups excluding carboxylic acids is 1. The number of pyridine rings is 1. The second-order valence-electron chi connectivity index (χ2n) is 7.72.